The SMILES string of the molecule is CCNC(=NCC(C)CO)N1CCS(=O)(=O)C(C)(C)C1.I. The minimum absolute atomic E-state index is 0. The van der Waals surface area contributed by atoms with Crippen molar-refractivity contribution in [3.8, 4) is 0 Å². The van der Waals surface area contributed by atoms with Gasteiger partial charge in [0.05, 0.1) is 10.5 Å². The Morgan fingerprint density at radius 3 is 2.57 bits per heavy atom. The molecule has 2 N–H and O–H groups in total. The second kappa shape index (κ2) is 8.52. The van der Waals surface area contributed by atoms with Crippen molar-refractivity contribution in [3.05, 3.63) is 0 Å². The van der Waals surface area contributed by atoms with E-state index in [1.807, 2.05) is 18.7 Å². The summed E-state index contributed by atoms with van der Waals surface area (Å²) in [5, 5.41) is 12.3. The van der Waals surface area contributed by atoms with Crippen LogP contribution in [-0.4, -0.2) is 67.7 Å². The molecule has 1 heterocycles. The van der Waals surface area contributed by atoms with E-state index in [2.05, 4.69) is 10.3 Å². The fourth-order valence-electron chi connectivity index (χ4n) is 2.05. The molecule has 6 nitrogen and oxygen atoms in total. The highest BCUT2D eigenvalue weighted by Gasteiger charge is 2.40. The maximum Gasteiger partial charge on any atom is 0.194 e. The largest absolute Gasteiger partial charge is 0.396 e. The maximum atomic E-state index is 12.0. The molecule has 8 heteroatoms. The number of guanidine groups is 1. The molecule has 0 bridgehead atoms. The average molecular weight is 433 g/mol. The van der Waals surface area contributed by atoms with Gasteiger partial charge in [0.15, 0.2) is 15.8 Å². The summed E-state index contributed by atoms with van der Waals surface area (Å²) in [5.41, 5.74) is 0. The Morgan fingerprint density at radius 2 is 2.10 bits per heavy atom. The Hall–Kier alpha value is -0.0900. The van der Waals surface area contributed by atoms with Crippen LogP contribution in [0.25, 0.3) is 0 Å². The molecule has 0 radical (unpaired) electrons. The number of hydrogen-bond donors (Lipinski definition) is 2. The van der Waals surface area contributed by atoms with E-state index in [0.29, 0.717) is 19.6 Å². The number of aliphatic hydroxyl groups excluding tert-OH is 1. The summed E-state index contributed by atoms with van der Waals surface area (Å²) >= 11 is 0. The van der Waals surface area contributed by atoms with Crippen molar-refractivity contribution in [1.29, 1.82) is 0 Å². The fraction of sp³-hybridized carbons (Fsp3) is 0.923. The summed E-state index contributed by atoms with van der Waals surface area (Å²) in [7, 11) is -3.04. The molecule has 1 aliphatic rings. The summed E-state index contributed by atoms with van der Waals surface area (Å²) < 4.78 is 23.3. The fourth-order valence-corrected chi connectivity index (χ4v) is 3.42. The van der Waals surface area contributed by atoms with Crippen molar-refractivity contribution < 1.29 is 13.5 Å². The van der Waals surface area contributed by atoms with Crippen molar-refractivity contribution >= 4 is 39.8 Å². The van der Waals surface area contributed by atoms with Gasteiger partial charge in [-0.25, -0.2) is 8.42 Å². The van der Waals surface area contributed by atoms with Gasteiger partial charge in [-0.05, 0) is 26.7 Å². The number of halogens is 1. The van der Waals surface area contributed by atoms with E-state index in [9.17, 15) is 8.42 Å². The van der Waals surface area contributed by atoms with Crippen molar-refractivity contribution in [1.82, 2.24) is 10.2 Å². The Labute approximate surface area is 145 Å². The topological polar surface area (TPSA) is 82.0 Å². The zero-order chi connectivity index (χ0) is 15.4. The molecule has 0 saturated carbocycles. The van der Waals surface area contributed by atoms with Crippen LogP contribution in [0, 0.1) is 5.92 Å². The van der Waals surface area contributed by atoms with Gasteiger partial charge in [0.1, 0.15) is 0 Å². The maximum absolute atomic E-state index is 12.0. The first kappa shape index (κ1) is 20.9. The lowest BCUT2D eigenvalue weighted by atomic mass is 10.2. The quantitative estimate of drug-likeness (QED) is 0.388. The van der Waals surface area contributed by atoms with Crippen LogP contribution in [0.1, 0.15) is 27.7 Å². The van der Waals surface area contributed by atoms with Crippen molar-refractivity contribution in [3.63, 3.8) is 0 Å². The summed E-state index contributed by atoms with van der Waals surface area (Å²) in [6.07, 6.45) is 0. The van der Waals surface area contributed by atoms with E-state index in [1.165, 1.54) is 0 Å². The molecular formula is C13H28IN3O3S. The highest BCUT2D eigenvalue weighted by atomic mass is 127. The Kier molecular flexibility index (Phi) is 8.48. The van der Waals surface area contributed by atoms with Crippen LogP contribution in [0.3, 0.4) is 0 Å². The molecule has 0 spiro atoms. The Bertz CT molecular complexity index is 452. The van der Waals surface area contributed by atoms with Crippen LogP contribution in [0.15, 0.2) is 4.99 Å². The number of hydrogen-bond acceptors (Lipinski definition) is 4. The zero-order valence-electron chi connectivity index (χ0n) is 13.3. The molecule has 0 amide bonds. The molecule has 1 fully saturated rings. The van der Waals surface area contributed by atoms with E-state index in [4.69, 9.17) is 5.11 Å². The Morgan fingerprint density at radius 1 is 1.48 bits per heavy atom. The van der Waals surface area contributed by atoms with Gasteiger partial charge >= 0.3 is 0 Å². The highest BCUT2D eigenvalue weighted by Crippen LogP contribution is 2.23. The molecule has 0 aliphatic carbocycles. The minimum Gasteiger partial charge on any atom is -0.396 e. The van der Waals surface area contributed by atoms with Crippen molar-refractivity contribution in [2.45, 2.75) is 32.4 Å². The van der Waals surface area contributed by atoms with Crippen molar-refractivity contribution in [2.75, 3.05) is 38.5 Å². The molecule has 126 valence electrons. The van der Waals surface area contributed by atoms with Gasteiger partial charge < -0.3 is 15.3 Å². The number of aliphatic hydroxyl groups is 1. The average Bonchev–Trinajstić information content (AvgIpc) is 2.37. The number of nitrogens with one attached hydrogen (secondary N) is 1. The van der Waals surface area contributed by atoms with Gasteiger partial charge in [-0.15, -0.1) is 24.0 Å². The predicted octanol–water partition coefficient (Wildman–Crippen LogP) is 0.707. The number of nitrogens with zero attached hydrogens (tertiary/aromatic N) is 2. The lowest BCUT2D eigenvalue weighted by Crippen LogP contribution is -2.57. The summed E-state index contributed by atoms with van der Waals surface area (Å²) in [6.45, 7) is 9.69. The summed E-state index contributed by atoms with van der Waals surface area (Å²) in [6, 6.07) is 0. The van der Waals surface area contributed by atoms with Gasteiger partial charge in [0.25, 0.3) is 0 Å². The van der Waals surface area contributed by atoms with Gasteiger partial charge in [-0.1, -0.05) is 6.92 Å². The minimum atomic E-state index is -3.04. The molecule has 1 saturated heterocycles. The zero-order valence-corrected chi connectivity index (χ0v) is 16.4. The number of rotatable bonds is 4. The van der Waals surface area contributed by atoms with Gasteiger partial charge in [-0.2, -0.15) is 0 Å². The first-order chi connectivity index (χ1) is 9.23. The molecule has 0 aromatic rings. The van der Waals surface area contributed by atoms with Crippen molar-refractivity contribution in [2.24, 2.45) is 10.9 Å². The van der Waals surface area contributed by atoms with E-state index in [1.54, 1.807) is 13.8 Å². The standard InChI is InChI=1S/C13H27N3O3S.HI/c1-5-14-12(15-8-11(2)9-17)16-6-7-20(18,19)13(3,4)10-16;/h11,17H,5-10H2,1-4H3,(H,14,15);1H. The first-order valence-corrected chi connectivity index (χ1v) is 8.75. The predicted molar refractivity (Wildman–Crippen MR) is 97.1 cm³/mol. The van der Waals surface area contributed by atoms with Crippen LogP contribution in [0.5, 0.6) is 0 Å². The van der Waals surface area contributed by atoms with E-state index in [-0.39, 0.29) is 42.3 Å². The van der Waals surface area contributed by atoms with Gasteiger partial charge in [0, 0.05) is 32.8 Å². The molecule has 0 aromatic carbocycles. The number of aliphatic imine (C=N–C) groups is 1. The summed E-state index contributed by atoms with van der Waals surface area (Å²) in [5.74, 6) is 0.987. The lowest BCUT2D eigenvalue weighted by molar-refractivity contribution is 0.241. The molecule has 1 aliphatic heterocycles. The second-order valence-corrected chi connectivity index (χ2v) is 8.73. The third-order valence-corrected chi connectivity index (χ3v) is 6.08. The van der Waals surface area contributed by atoms with E-state index < -0.39 is 14.6 Å². The van der Waals surface area contributed by atoms with E-state index in [0.717, 1.165) is 12.5 Å². The third-order valence-electron chi connectivity index (χ3n) is 3.54. The Balaban J connectivity index is 0.00000400. The number of sulfone groups is 1. The second-order valence-electron chi connectivity index (χ2n) is 5.98. The van der Waals surface area contributed by atoms with Crippen LogP contribution < -0.4 is 5.32 Å². The van der Waals surface area contributed by atoms with E-state index >= 15 is 0 Å². The van der Waals surface area contributed by atoms with Crippen LogP contribution in [0.2, 0.25) is 0 Å². The molecule has 1 rings (SSSR count). The van der Waals surface area contributed by atoms with Crippen LogP contribution in [0.4, 0.5) is 0 Å². The normalized spacial score (nSPS) is 22.3. The molecular weight excluding hydrogens is 405 g/mol. The third kappa shape index (κ3) is 5.55. The highest BCUT2D eigenvalue weighted by molar-refractivity contribution is 14.0. The smallest absolute Gasteiger partial charge is 0.194 e. The molecule has 0 aromatic heterocycles. The van der Waals surface area contributed by atoms with Crippen LogP contribution >= 0.6 is 24.0 Å². The summed E-state index contributed by atoms with van der Waals surface area (Å²) in [4.78, 5) is 6.49. The van der Waals surface area contributed by atoms with Gasteiger partial charge in [0.2, 0.25) is 0 Å². The van der Waals surface area contributed by atoms with Crippen LogP contribution in [-0.2, 0) is 9.84 Å². The monoisotopic (exact) mass is 433 g/mol. The molecule has 1 atom stereocenters. The molecule has 21 heavy (non-hydrogen) atoms. The van der Waals surface area contributed by atoms with Gasteiger partial charge in [-0.3, -0.25) is 4.99 Å². The lowest BCUT2D eigenvalue weighted by Gasteiger charge is -2.39. The molecule has 1 unspecified atom stereocenters. The first-order valence-electron chi connectivity index (χ1n) is 7.10.